The fraction of sp³-hybridized carbons (Fsp3) is 0.0952. The van der Waals surface area contributed by atoms with E-state index >= 15 is 0 Å². The van der Waals surface area contributed by atoms with E-state index in [1.165, 1.54) is 17.0 Å². The minimum absolute atomic E-state index is 0.125. The fourth-order valence-electron chi connectivity index (χ4n) is 2.91. The average molecular weight is 392 g/mol. The molecule has 2 N–H and O–H groups in total. The van der Waals surface area contributed by atoms with Gasteiger partial charge in [0.25, 0.3) is 0 Å². The maximum Gasteiger partial charge on any atom is 0.330 e. The van der Waals surface area contributed by atoms with Gasteiger partial charge in [0.15, 0.2) is 0 Å². The summed E-state index contributed by atoms with van der Waals surface area (Å²) in [5, 5.41) is 12.5. The predicted octanol–water partition coefficient (Wildman–Crippen LogP) is 4.24. The summed E-state index contributed by atoms with van der Waals surface area (Å²) in [6.45, 7) is 1.61. The molecule has 0 fully saturated rings. The second-order valence-electron chi connectivity index (χ2n) is 6.43. The molecule has 0 spiro atoms. The van der Waals surface area contributed by atoms with Gasteiger partial charge in [0.1, 0.15) is 17.9 Å². The number of anilines is 1. The molecule has 0 aliphatic carbocycles. The Labute approximate surface area is 165 Å². The van der Waals surface area contributed by atoms with Crippen LogP contribution in [-0.4, -0.2) is 25.7 Å². The zero-order chi connectivity index (χ0) is 20.4. The number of hydrogen-bond donors (Lipinski definition) is 2. The van der Waals surface area contributed by atoms with E-state index in [1.54, 1.807) is 48.7 Å². The van der Waals surface area contributed by atoms with Crippen molar-refractivity contribution in [2.75, 3.05) is 5.32 Å². The molecule has 0 saturated heterocycles. The third-order valence-electron chi connectivity index (χ3n) is 4.33. The standard InChI is InChI=1S/C21H17FN4O3/c1-13-2-4-17(22)18(8-13)25-21(28)26-7-6-14-9-16(3-5-19(14)26)29-20-10-15(11-27)23-12-24-20/h2-10,12,27H,11H2,1H3,(H,25,28). The van der Waals surface area contributed by atoms with E-state index in [9.17, 15) is 9.18 Å². The molecule has 2 aromatic carbocycles. The minimum atomic E-state index is -0.497. The van der Waals surface area contributed by atoms with Crippen LogP contribution in [0.2, 0.25) is 0 Å². The molecule has 0 atom stereocenters. The van der Waals surface area contributed by atoms with E-state index in [1.807, 2.05) is 6.92 Å². The van der Waals surface area contributed by atoms with Gasteiger partial charge in [0.05, 0.1) is 23.5 Å². The van der Waals surface area contributed by atoms with Gasteiger partial charge in [-0.05, 0) is 48.9 Å². The Morgan fingerprint density at radius 2 is 2.03 bits per heavy atom. The van der Waals surface area contributed by atoms with Crippen LogP contribution in [0.5, 0.6) is 11.6 Å². The van der Waals surface area contributed by atoms with Crippen molar-refractivity contribution in [3.8, 4) is 11.6 Å². The summed E-state index contributed by atoms with van der Waals surface area (Å²) in [5.41, 5.74) is 2.05. The molecule has 29 heavy (non-hydrogen) atoms. The van der Waals surface area contributed by atoms with Crippen LogP contribution < -0.4 is 10.1 Å². The van der Waals surface area contributed by atoms with E-state index in [0.29, 0.717) is 22.8 Å². The summed E-state index contributed by atoms with van der Waals surface area (Å²) in [6.07, 6.45) is 2.91. The molecule has 0 aliphatic rings. The number of nitrogens with one attached hydrogen (secondary N) is 1. The Bertz CT molecular complexity index is 1210. The van der Waals surface area contributed by atoms with E-state index < -0.39 is 11.8 Å². The first kappa shape index (κ1) is 18.6. The lowest BCUT2D eigenvalue weighted by Crippen LogP contribution is -2.19. The molecule has 7 nitrogen and oxygen atoms in total. The molecule has 4 rings (SSSR count). The van der Waals surface area contributed by atoms with Gasteiger partial charge in [-0.3, -0.25) is 4.57 Å². The predicted molar refractivity (Wildman–Crippen MR) is 106 cm³/mol. The number of ether oxygens (including phenoxy) is 1. The van der Waals surface area contributed by atoms with Crippen LogP contribution in [-0.2, 0) is 6.61 Å². The fourth-order valence-corrected chi connectivity index (χ4v) is 2.91. The zero-order valence-electron chi connectivity index (χ0n) is 15.5. The number of carbonyl (C=O) groups excluding carboxylic acids is 1. The number of benzene rings is 2. The smallest absolute Gasteiger partial charge is 0.330 e. The number of carbonyl (C=O) groups is 1. The first-order valence-electron chi connectivity index (χ1n) is 8.82. The van der Waals surface area contributed by atoms with Crippen molar-refractivity contribution in [1.29, 1.82) is 0 Å². The van der Waals surface area contributed by atoms with Crippen LogP contribution in [0.4, 0.5) is 14.9 Å². The van der Waals surface area contributed by atoms with E-state index in [-0.39, 0.29) is 12.3 Å². The van der Waals surface area contributed by atoms with Crippen molar-refractivity contribution in [1.82, 2.24) is 14.5 Å². The summed E-state index contributed by atoms with van der Waals surface area (Å²) in [4.78, 5) is 20.5. The number of aryl methyl sites for hydroxylation is 1. The maximum atomic E-state index is 13.9. The van der Waals surface area contributed by atoms with Gasteiger partial charge in [-0.2, -0.15) is 0 Å². The van der Waals surface area contributed by atoms with Crippen molar-refractivity contribution < 1.29 is 19.0 Å². The summed E-state index contributed by atoms with van der Waals surface area (Å²) in [6, 6.07) is 12.5. The Morgan fingerprint density at radius 1 is 1.17 bits per heavy atom. The summed E-state index contributed by atoms with van der Waals surface area (Å²) >= 11 is 0. The summed E-state index contributed by atoms with van der Waals surface area (Å²) in [7, 11) is 0. The number of rotatable bonds is 4. The van der Waals surface area contributed by atoms with Crippen molar-refractivity contribution in [2.24, 2.45) is 0 Å². The SMILES string of the molecule is Cc1ccc(F)c(NC(=O)n2ccc3cc(Oc4cc(CO)ncn4)ccc32)c1. The van der Waals surface area contributed by atoms with Gasteiger partial charge in [-0.15, -0.1) is 0 Å². The first-order chi connectivity index (χ1) is 14.0. The molecule has 4 aromatic rings. The Kier molecular flexibility index (Phi) is 4.92. The maximum absolute atomic E-state index is 13.9. The molecule has 146 valence electrons. The van der Waals surface area contributed by atoms with Crippen LogP contribution in [0, 0.1) is 12.7 Å². The van der Waals surface area contributed by atoms with Crippen molar-refractivity contribution in [3.63, 3.8) is 0 Å². The monoisotopic (exact) mass is 392 g/mol. The molecule has 2 heterocycles. The molecule has 0 bridgehead atoms. The van der Waals surface area contributed by atoms with Crippen LogP contribution in [0.25, 0.3) is 10.9 Å². The lowest BCUT2D eigenvalue weighted by molar-refractivity contribution is 0.254. The van der Waals surface area contributed by atoms with Crippen molar-refractivity contribution >= 4 is 22.6 Å². The minimum Gasteiger partial charge on any atom is -0.439 e. The quantitative estimate of drug-likeness (QED) is 0.542. The van der Waals surface area contributed by atoms with Crippen LogP contribution in [0.3, 0.4) is 0 Å². The number of aliphatic hydroxyl groups is 1. The summed E-state index contributed by atoms with van der Waals surface area (Å²) in [5.74, 6) is 0.321. The van der Waals surface area contributed by atoms with E-state index in [0.717, 1.165) is 10.9 Å². The Hall–Kier alpha value is -3.78. The van der Waals surface area contributed by atoms with Gasteiger partial charge in [0.2, 0.25) is 5.88 Å². The average Bonchev–Trinajstić information content (AvgIpc) is 3.14. The molecule has 0 unspecified atom stereocenters. The lowest BCUT2D eigenvalue weighted by Gasteiger charge is -2.09. The number of amides is 1. The molecule has 1 amide bonds. The molecule has 0 aliphatic heterocycles. The number of nitrogens with zero attached hydrogens (tertiary/aromatic N) is 3. The largest absolute Gasteiger partial charge is 0.439 e. The number of hydrogen-bond acceptors (Lipinski definition) is 5. The van der Waals surface area contributed by atoms with Gasteiger partial charge in [0, 0.05) is 17.6 Å². The molecule has 0 saturated carbocycles. The number of aliphatic hydroxyl groups excluding tert-OH is 1. The third kappa shape index (κ3) is 3.92. The van der Waals surface area contributed by atoms with Crippen LogP contribution in [0.1, 0.15) is 11.3 Å². The highest BCUT2D eigenvalue weighted by molar-refractivity contribution is 5.98. The summed E-state index contributed by atoms with van der Waals surface area (Å²) < 4.78 is 21.0. The molecule has 2 aromatic heterocycles. The molecule has 0 radical (unpaired) electrons. The van der Waals surface area contributed by atoms with Crippen molar-refractivity contribution in [3.05, 3.63) is 78.1 Å². The normalized spacial score (nSPS) is 10.9. The Morgan fingerprint density at radius 3 is 2.86 bits per heavy atom. The molecule has 8 heteroatoms. The van der Waals surface area contributed by atoms with Gasteiger partial charge < -0.3 is 15.2 Å². The van der Waals surface area contributed by atoms with E-state index in [4.69, 9.17) is 9.84 Å². The molecular weight excluding hydrogens is 375 g/mol. The highest BCUT2D eigenvalue weighted by atomic mass is 19.1. The third-order valence-corrected chi connectivity index (χ3v) is 4.33. The number of aromatic nitrogens is 3. The van der Waals surface area contributed by atoms with E-state index in [2.05, 4.69) is 15.3 Å². The zero-order valence-corrected chi connectivity index (χ0v) is 15.5. The van der Waals surface area contributed by atoms with Gasteiger partial charge in [-0.25, -0.2) is 19.2 Å². The second kappa shape index (κ2) is 7.69. The highest BCUT2D eigenvalue weighted by Crippen LogP contribution is 2.26. The van der Waals surface area contributed by atoms with Crippen LogP contribution >= 0.6 is 0 Å². The van der Waals surface area contributed by atoms with Crippen LogP contribution in [0.15, 0.2) is 61.1 Å². The topological polar surface area (TPSA) is 89.3 Å². The van der Waals surface area contributed by atoms with Gasteiger partial charge >= 0.3 is 6.03 Å². The van der Waals surface area contributed by atoms with Crippen molar-refractivity contribution in [2.45, 2.75) is 13.5 Å². The second-order valence-corrected chi connectivity index (χ2v) is 6.43. The number of halogens is 1. The Balaban J connectivity index is 1.57. The highest BCUT2D eigenvalue weighted by Gasteiger charge is 2.13. The molecular formula is C21H17FN4O3. The lowest BCUT2D eigenvalue weighted by atomic mass is 10.2. The first-order valence-corrected chi connectivity index (χ1v) is 8.82. The van der Waals surface area contributed by atoms with Gasteiger partial charge in [-0.1, -0.05) is 6.07 Å². The number of fused-ring (bicyclic) bond motifs is 1.